The summed E-state index contributed by atoms with van der Waals surface area (Å²) in [6, 6.07) is 4.03. The summed E-state index contributed by atoms with van der Waals surface area (Å²) >= 11 is 0. The van der Waals surface area contributed by atoms with Crippen molar-refractivity contribution < 1.29 is 9.84 Å². The molecule has 0 aliphatic carbocycles. The Bertz CT molecular complexity index is 350. The molecular formula is C13H21NO2. The first-order valence-electron chi connectivity index (χ1n) is 5.63. The van der Waals surface area contributed by atoms with Gasteiger partial charge in [0.25, 0.3) is 0 Å². The van der Waals surface area contributed by atoms with Crippen LogP contribution in [0.4, 0.5) is 0 Å². The summed E-state index contributed by atoms with van der Waals surface area (Å²) < 4.78 is 5.34. The zero-order valence-corrected chi connectivity index (χ0v) is 10.3. The van der Waals surface area contributed by atoms with E-state index < -0.39 is 6.10 Å². The Morgan fingerprint density at radius 3 is 2.62 bits per heavy atom. The lowest BCUT2D eigenvalue weighted by Gasteiger charge is -2.17. The number of hydrogen-bond donors (Lipinski definition) is 2. The lowest BCUT2D eigenvalue weighted by atomic mass is 9.98. The summed E-state index contributed by atoms with van der Waals surface area (Å²) in [7, 11) is 1.64. The van der Waals surface area contributed by atoms with Crippen molar-refractivity contribution in [1.29, 1.82) is 0 Å². The molecule has 16 heavy (non-hydrogen) atoms. The standard InChI is InChI=1S/C13H21NO2/c1-9-7-10(2)13(16-3)11(8-9)12(15)5-4-6-14/h7-8,12,15H,4-6,14H2,1-3H3. The van der Waals surface area contributed by atoms with Crippen LogP contribution < -0.4 is 10.5 Å². The second-order valence-electron chi connectivity index (χ2n) is 4.15. The smallest absolute Gasteiger partial charge is 0.127 e. The first kappa shape index (κ1) is 13.0. The molecule has 0 saturated heterocycles. The monoisotopic (exact) mass is 223 g/mol. The summed E-state index contributed by atoms with van der Waals surface area (Å²) in [5.74, 6) is 0.787. The van der Waals surface area contributed by atoms with Gasteiger partial charge in [0, 0.05) is 5.56 Å². The van der Waals surface area contributed by atoms with Crippen molar-refractivity contribution in [3.05, 3.63) is 28.8 Å². The zero-order valence-electron chi connectivity index (χ0n) is 10.3. The van der Waals surface area contributed by atoms with E-state index in [-0.39, 0.29) is 0 Å². The first-order valence-corrected chi connectivity index (χ1v) is 5.63. The van der Waals surface area contributed by atoms with Gasteiger partial charge >= 0.3 is 0 Å². The van der Waals surface area contributed by atoms with E-state index >= 15 is 0 Å². The third kappa shape index (κ3) is 2.97. The van der Waals surface area contributed by atoms with Crippen LogP contribution in [0.2, 0.25) is 0 Å². The second-order valence-corrected chi connectivity index (χ2v) is 4.15. The number of aliphatic hydroxyl groups excluding tert-OH is 1. The third-order valence-electron chi connectivity index (χ3n) is 2.69. The van der Waals surface area contributed by atoms with Gasteiger partial charge in [-0.05, 0) is 44.9 Å². The fraction of sp³-hybridized carbons (Fsp3) is 0.538. The van der Waals surface area contributed by atoms with Crippen LogP contribution in [0.3, 0.4) is 0 Å². The Kier molecular flexibility index (Phi) is 4.77. The highest BCUT2D eigenvalue weighted by Gasteiger charge is 2.15. The van der Waals surface area contributed by atoms with Gasteiger partial charge in [-0.2, -0.15) is 0 Å². The van der Waals surface area contributed by atoms with E-state index in [1.165, 1.54) is 0 Å². The summed E-state index contributed by atoms with van der Waals surface area (Å²) in [6.45, 7) is 4.61. The van der Waals surface area contributed by atoms with Gasteiger partial charge in [0.2, 0.25) is 0 Å². The molecule has 0 aromatic heterocycles. The molecule has 1 aromatic carbocycles. The molecule has 0 spiro atoms. The topological polar surface area (TPSA) is 55.5 Å². The molecule has 1 unspecified atom stereocenters. The zero-order chi connectivity index (χ0) is 12.1. The van der Waals surface area contributed by atoms with Crippen LogP contribution >= 0.6 is 0 Å². The van der Waals surface area contributed by atoms with Crippen LogP contribution in [0.1, 0.15) is 35.6 Å². The molecule has 90 valence electrons. The molecule has 3 nitrogen and oxygen atoms in total. The molecule has 0 aliphatic heterocycles. The lowest BCUT2D eigenvalue weighted by molar-refractivity contribution is 0.161. The fourth-order valence-corrected chi connectivity index (χ4v) is 1.98. The Hall–Kier alpha value is -1.06. The average Bonchev–Trinajstić information content (AvgIpc) is 2.24. The van der Waals surface area contributed by atoms with Crippen molar-refractivity contribution in [2.75, 3.05) is 13.7 Å². The van der Waals surface area contributed by atoms with Gasteiger partial charge in [-0.15, -0.1) is 0 Å². The van der Waals surface area contributed by atoms with Crippen molar-refractivity contribution in [2.45, 2.75) is 32.8 Å². The predicted molar refractivity (Wildman–Crippen MR) is 65.7 cm³/mol. The van der Waals surface area contributed by atoms with E-state index in [1.54, 1.807) is 7.11 Å². The van der Waals surface area contributed by atoms with Crippen molar-refractivity contribution in [2.24, 2.45) is 5.73 Å². The largest absolute Gasteiger partial charge is 0.496 e. The van der Waals surface area contributed by atoms with E-state index in [0.717, 1.165) is 28.9 Å². The van der Waals surface area contributed by atoms with Gasteiger partial charge in [0.1, 0.15) is 5.75 Å². The SMILES string of the molecule is COc1c(C)cc(C)cc1C(O)CCCN. The van der Waals surface area contributed by atoms with Crippen LogP contribution in [0.25, 0.3) is 0 Å². The number of ether oxygens (including phenoxy) is 1. The van der Waals surface area contributed by atoms with E-state index in [0.29, 0.717) is 13.0 Å². The maximum Gasteiger partial charge on any atom is 0.127 e. The third-order valence-corrected chi connectivity index (χ3v) is 2.69. The van der Waals surface area contributed by atoms with Gasteiger partial charge in [0.05, 0.1) is 13.2 Å². The first-order chi connectivity index (χ1) is 7.60. The number of aryl methyl sites for hydroxylation is 2. The van der Waals surface area contributed by atoms with Crippen LogP contribution in [-0.4, -0.2) is 18.8 Å². The van der Waals surface area contributed by atoms with Gasteiger partial charge in [-0.3, -0.25) is 0 Å². The predicted octanol–water partition coefficient (Wildman–Crippen LogP) is 2.08. The molecule has 0 amide bonds. The van der Waals surface area contributed by atoms with Gasteiger partial charge < -0.3 is 15.6 Å². The van der Waals surface area contributed by atoms with Crippen molar-refractivity contribution in [3.8, 4) is 5.75 Å². The van der Waals surface area contributed by atoms with Crippen LogP contribution in [0.5, 0.6) is 5.75 Å². The number of hydrogen-bond acceptors (Lipinski definition) is 3. The molecule has 1 aromatic rings. The molecule has 3 heteroatoms. The normalized spacial score (nSPS) is 12.6. The van der Waals surface area contributed by atoms with E-state index in [2.05, 4.69) is 6.07 Å². The molecular weight excluding hydrogens is 202 g/mol. The number of rotatable bonds is 5. The highest BCUT2D eigenvalue weighted by Crippen LogP contribution is 2.32. The molecule has 3 N–H and O–H groups in total. The highest BCUT2D eigenvalue weighted by atomic mass is 16.5. The molecule has 0 aliphatic rings. The maximum absolute atomic E-state index is 10.1. The Balaban J connectivity index is 3.00. The summed E-state index contributed by atoms with van der Waals surface area (Å²) in [5.41, 5.74) is 8.51. The summed E-state index contributed by atoms with van der Waals surface area (Å²) in [6.07, 6.45) is 1.00. The fourth-order valence-electron chi connectivity index (χ4n) is 1.98. The molecule has 1 rings (SSSR count). The van der Waals surface area contributed by atoms with Gasteiger partial charge in [0.15, 0.2) is 0 Å². The summed E-state index contributed by atoms with van der Waals surface area (Å²) in [5, 5.41) is 10.1. The summed E-state index contributed by atoms with van der Waals surface area (Å²) in [4.78, 5) is 0. The number of aliphatic hydroxyl groups is 1. The second kappa shape index (κ2) is 5.87. The minimum atomic E-state index is -0.489. The molecule has 0 radical (unpaired) electrons. The van der Waals surface area contributed by atoms with Crippen LogP contribution in [0, 0.1) is 13.8 Å². The highest BCUT2D eigenvalue weighted by molar-refractivity contribution is 5.44. The van der Waals surface area contributed by atoms with Crippen molar-refractivity contribution >= 4 is 0 Å². The van der Waals surface area contributed by atoms with E-state index in [1.807, 2.05) is 19.9 Å². The van der Waals surface area contributed by atoms with Gasteiger partial charge in [-0.25, -0.2) is 0 Å². The van der Waals surface area contributed by atoms with Crippen LogP contribution in [0.15, 0.2) is 12.1 Å². The number of methoxy groups -OCH3 is 1. The van der Waals surface area contributed by atoms with E-state index in [9.17, 15) is 5.11 Å². The Morgan fingerprint density at radius 1 is 1.38 bits per heavy atom. The van der Waals surface area contributed by atoms with E-state index in [4.69, 9.17) is 10.5 Å². The van der Waals surface area contributed by atoms with Crippen molar-refractivity contribution in [1.82, 2.24) is 0 Å². The number of nitrogens with two attached hydrogens (primary N) is 1. The molecule has 1 atom stereocenters. The Morgan fingerprint density at radius 2 is 2.06 bits per heavy atom. The molecule has 0 saturated carbocycles. The lowest BCUT2D eigenvalue weighted by Crippen LogP contribution is -2.06. The number of benzene rings is 1. The Labute approximate surface area is 97.2 Å². The maximum atomic E-state index is 10.1. The quantitative estimate of drug-likeness (QED) is 0.803. The molecule has 0 fully saturated rings. The molecule has 0 heterocycles. The average molecular weight is 223 g/mol. The minimum absolute atomic E-state index is 0.489. The van der Waals surface area contributed by atoms with Crippen molar-refractivity contribution in [3.63, 3.8) is 0 Å². The minimum Gasteiger partial charge on any atom is -0.496 e. The van der Waals surface area contributed by atoms with Crippen LogP contribution in [-0.2, 0) is 0 Å². The molecule has 0 bridgehead atoms. The van der Waals surface area contributed by atoms with Gasteiger partial charge in [-0.1, -0.05) is 11.6 Å².